The van der Waals surface area contributed by atoms with Crippen LogP contribution in [-0.4, -0.2) is 30.6 Å². The standard InChI is InChI=1S/C14H17ClFNO4/c1-14(2,6-12(18)19)7-17-13(20)8-4-9(15)10(16)5-11(8)21-3/h4-5H,6-7H2,1-3H3,(H,17,20)(H,18,19). The minimum atomic E-state index is -0.948. The second-order valence-electron chi connectivity index (χ2n) is 5.38. The van der Waals surface area contributed by atoms with Crippen molar-refractivity contribution in [2.45, 2.75) is 20.3 Å². The minimum Gasteiger partial charge on any atom is -0.496 e. The van der Waals surface area contributed by atoms with Gasteiger partial charge < -0.3 is 15.2 Å². The Balaban J connectivity index is 2.85. The highest BCUT2D eigenvalue weighted by Gasteiger charge is 2.24. The molecule has 0 saturated heterocycles. The summed E-state index contributed by atoms with van der Waals surface area (Å²) in [6.07, 6.45) is -0.0887. The molecule has 0 atom stereocenters. The van der Waals surface area contributed by atoms with E-state index in [1.165, 1.54) is 13.2 Å². The Kier molecular flexibility index (Phi) is 5.54. The van der Waals surface area contributed by atoms with Crippen LogP contribution >= 0.6 is 11.6 Å². The number of carbonyl (C=O) groups excluding carboxylic acids is 1. The first kappa shape index (κ1) is 17.2. The predicted molar refractivity (Wildman–Crippen MR) is 76.3 cm³/mol. The highest BCUT2D eigenvalue weighted by molar-refractivity contribution is 6.31. The van der Waals surface area contributed by atoms with E-state index in [0.29, 0.717) is 0 Å². The average Bonchev–Trinajstić information content (AvgIpc) is 2.37. The third-order valence-electron chi connectivity index (χ3n) is 2.84. The van der Waals surface area contributed by atoms with Crippen LogP contribution in [0, 0.1) is 11.2 Å². The number of carboxylic acids is 1. The maximum Gasteiger partial charge on any atom is 0.303 e. The van der Waals surface area contributed by atoms with Crippen LogP contribution < -0.4 is 10.1 Å². The summed E-state index contributed by atoms with van der Waals surface area (Å²) in [4.78, 5) is 22.8. The Bertz CT molecular complexity index is 560. The minimum absolute atomic E-state index is 0.0606. The molecular weight excluding hydrogens is 301 g/mol. The summed E-state index contributed by atoms with van der Waals surface area (Å²) in [7, 11) is 1.31. The van der Waals surface area contributed by atoms with E-state index in [1.54, 1.807) is 13.8 Å². The summed E-state index contributed by atoms with van der Waals surface area (Å²) in [5.41, 5.74) is -0.520. The van der Waals surface area contributed by atoms with Crippen LogP contribution in [0.15, 0.2) is 12.1 Å². The second kappa shape index (κ2) is 6.76. The van der Waals surface area contributed by atoms with Gasteiger partial charge in [-0.2, -0.15) is 0 Å². The molecule has 0 aliphatic heterocycles. The van der Waals surface area contributed by atoms with Gasteiger partial charge in [0.25, 0.3) is 5.91 Å². The van der Waals surface area contributed by atoms with E-state index in [-0.39, 0.29) is 29.3 Å². The highest BCUT2D eigenvalue weighted by Crippen LogP contribution is 2.26. The van der Waals surface area contributed by atoms with Crippen molar-refractivity contribution in [3.63, 3.8) is 0 Å². The molecule has 2 N–H and O–H groups in total. The normalized spacial score (nSPS) is 11.1. The fourth-order valence-electron chi connectivity index (χ4n) is 1.76. The number of rotatable bonds is 6. The van der Waals surface area contributed by atoms with Crippen molar-refractivity contribution in [1.82, 2.24) is 5.32 Å². The molecule has 7 heteroatoms. The van der Waals surface area contributed by atoms with Crippen LogP contribution in [0.3, 0.4) is 0 Å². The van der Waals surface area contributed by atoms with E-state index in [1.807, 2.05) is 0 Å². The van der Waals surface area contributed by atoms with E-state index in [4.69, 9.17) is 21.4 Å². The number of carbonyl (C=O) groups is 2. The third-order valence-corrected chi connectivity index (χ3v) is 3.13. The van der Waals surface area contributed by atoms with Crippen LogP contribution in [-0.2, 0) is 4.79 Å². The predicted octanol–water partition coefficient (Wildman–Crippen LogP) is 2.72. The Morgan fingerprint density at radius 1 is 1.43 bits per heavy atom. The van der Waals surface area contributed by atoms with Crippen molar-refractivity contribution < 1.29 is 23.8 Å². The van der Waals surface area contributed by atoms with Crippen LogP contribution in [0.5, 0.6) is 5.75 Å². The number of ether oxygens (including phenoxy) is 1. The zero-order valence-electron chi connectivity index (χ0n) is 12.0. The molecule has 1 rings (SSSR count). The molecule has 0 radical (unpaired) electrons. The monoisotopic (exact) mass is 317 g/mol. The number of hydrogen-bond donors (Lipinski definition) is 2. The van der Waals surface area contributed by atoms with Gasteiger partial charge in [0.05, 0.1) is 24.1 Å². The van der Waals surface area contributed by atoms with Gasteiger partial charge in [-0.05, 0) is 11.5 Å². The van der Waals surface area contributed by atoms with E-state index >= 15 is 0 Å². The molecular formula is C14H17ClFNO4. The zero-order valence-corrected chi connectivity index (χ0v) is 12.8. The third kappa shape index (κ3) is 4.90. The Morgan fingerprint density at radius 2 is 2.05 bits per heavy atom. The average molecular weight is 318 g/mol. The molecule has 0 fully saturated rings. The summed E-state index contributed by atoms with van der Waals surface area (Å²) in [6, 6.07) is 2.20. The quantitative estimate of drug-likeness (QED) is 0.846. The van der Waals surface area contributed by atoms with Gasteiger partial charge in [0.15, 0.2) is 0 Å². The van der Waals surface area contributed by atoms with Crippen molar-refractivity contribution in [2.24, 2.45) is 5.41 Å². The first-order chi connectivity index (χ1) is 9.66. The topological polar surface area (TPSA) is 75.6 Å². The number of methoxy groups -OCH3 is 1. The molecule has 0 aliphatic carbocycles. The Labute approximate surface area is 127 Å². The summed E-state index contributed by atoms with van der Waals surface area (Å²) < 4.78 is 18.3. The van der Waals surface area contributed by atoms with Gasteiger partial charge in [0.1, 0.15) is 11.6 Å². The molecule has 0 aromatic heterocycles. The molecule has 1 amide bonds. The Morgan fingerprint density at radius 3 is 2.57 bits per heavy atom. The van der Waals surface area contributed by atoms with E-state index in [9.17, 15) is 14.0 Å². The van der Waals surface area contributed by atoms with Crippen LogP contribution in [0.25, 0.3) is 0 Å². The number of hydrogen-bond acceptors (Lipinski definition) is 3. The number of amides is 1. The fourth-order valence-corrected chi connectivity index (χ4v) is 1.93. The number of nitrogens with one attached hydrogen (secondary N) is 1. The SMILES string of the molecule is COc1cc(F)c(Cl)cc1C(=O)NCC(C)(C)CC(=O)O. The number of aliphatic carboxylic acids is 1. The number of halogens is 2. The molecule has 21 heavy (non-hydrogen) atoms. The number of benzene rings is 1. The maximum atomic E-state index is 13.3. The van der Waals surface area contributed by atoms with Crippen molar-refractivity contribution in [2.75, 3.05) is 13.7 Å². The van der Waals surface area contributed by atoms with Gasteiger partial charge in [-0.25, -0.2) is 4.39 Å². The van der Waals surface area contributed by atoms with E-state index in [2.05, 4.69) is 5.32 Å². The van der Waals surface area contributed by atoms with Gasteiger partial charge in [0, 0.05) is 12.6 Å². The first-order valence-electron chi connectivity index (χ1n) is 6.19. The molecule has 0 spiro atoms. The molecule has 0 saturated carbocycles. The largest absolute Gasteiger partial charge is 0.496 e. The van der Waals surface area contributed by atoms with E-state index in [0.717, 1.165) is 6.07 Å². The van der Waals surface area contributed by atoms with Crippen LogP contribution in [0.2, 0.25) is 5.02 Å². The van der Waals surface area contributed by atoms with Gasteiger partial charge in [0.2, 0.25) is 0 Å². The summed E-state index contributed by atoms with van der Waals surface area (Å²) in [6.45, 7) is 3.59. The lowest BCUT2D eigenvalue weighted by molar-refractivity contribution is -0.139. The molecule has 1 aromatic rings. The van der Waals surface area contributed by atoms with Gasteiger partial charge in [-0.15, -0.1) is 0 Å². The van der Waals surface area contributed by atoms with Crippen molar-refractivity contribution >= 4 is 23.5 Å². The molecule has 1 aromatic carbocycles. The van der Waals surface area contributed by atoms with Crippen LogP contribution in [0.1, 0.15) is 30.6 Å². The highest BCUT2D eigenvalue weighted by atomic mass is 35.5. The first-order valence-corrected chi connectivity index (χ1v) is 6.57. The van der Waals surface area contributed by atoms with Gasteiger partial charge >= 0.3 is 5.97 Å². The van der Waals surface area contributed by atoms with Crippen molar-refractivity contribution in [3.8, 4) is 5.75 Å². The fraction of sp³-hybridized carbons (Fsp3) is 0.429. The van der Waals surface area contributed by atoms with E-state index < -0.39 is 23.1 Å². The molecule has 0 bridgehead atoms. The zero-order chi connectivity index (χ0) is 16.2. The van der Waals surface area contributed by atoms with Gasteiger partial charge in [-0.3, -0.25) is 9.59 Å². The Hall–Kier alpha value is -1.82. The smallest absolute Gasteiger partial charge is 0.303 e. The molecule has 0 unspecified atom stereocenters. The maximum absolute atomic E-state index is 13.3. The summed E-state index contributed by atoms with van der Waals surface area (Å²) in [5.74, 6) is -2.08. The summed E-state index contributed by atoms with van der Waals surface area (Å²) >= 11 is 5.66. The molecule has 0 aliphatic rings. The van der Waals surface area contributed by atoms with Gasteiger partial charge in [-0.1, -0.05) is 25.4 Å². The summed E-state index contributed by atoms with van der Waals surface area (Å²) in [5, 5.41) is 11.2. The molecule has 5 nitrogen and oxygen atoms in total. The molecule has 116 valence electrons. The lowest BCUT2D eigenvalue weighted by Gasteiger charge is -2.23. The van der Waals surface area contributed by atoms with Crippen molar-refractivity contribution in [1.29, 1.82) is 0 Å². The van der Waals surface area contributed by atoms with Crippen molar-refractivity contribution in [3.05, 3.63) is 28.5 Å². The van der Waals surface area contributed by atoms with Crippen LogP contribution in [0.4, 0.5) is 4.39 Å². The second-order valence-corrected chi connectivity index (χ2v) is 5.79. The lowest BCUT2D eigenvalue weighted by atomic mass is 9.89. The lowest BCUT2D eigenvalue weighted by Crippen LogP contribution is -2.35. The molecule has 0 heterocycles. The number of carboxylic acid groups (broad SMARTS) is 1.